The van der Waals surface area contributed by atoms with E-state index in [2.05, 4.69) is 5.32 Å². The van der Waals surface area contributed by atoms with Crippen molar-refractivity contribution >= 4 is 24.0 Å². The van der Waals surface area contributed by atoms with Gasteiger partial charge in [-0.1, -0.05) is 12.1 Å². The number of nitro benzene ring substituents is 1. The van der Waals surface area contributed by atoms with Gasteiger partial charge in [0.1, 0.15) is 5.56 Å². The van der Waals surface area contributed by atoms with Crippen molar-refractivity contribution in [2.75, 3.05) is 20.1 Å². The second-order valence-electron chi connectivity index (χ2n) is 5.11. The van der Waals surface area contributed by atoms with Gasteiger partial charge in [0.2, 0.25) is 0 Å². The Morgan fingerprint density at radius 2 is 2.19 bits per heavy atom. The number of nitro groups is 1. The molecule has 0 aromatic heterocycles. The number of nitrogens with zero attached hydrogens (tertiary/aromatic N) is 2. The lowest BCUT2D eigenvalue weighted by molar-refractivity contribution is -0.385. The Bertz CT molecular complexity index is 536. The molecule has 7 heteroatoms. The molecule has 1 amide bonds. The van der Waals surface area contributed by atoms with E-state index in [0.29, 0.717) is 18.7 Å². The second-order valence-corrected chi connectivity index (χ2v) is 5.11. The number of para-hydroxylation sites is 1. The molecule has 1 N–H and O–H groups in total. The van der Waals surface area contributed by atoms with Gasteiger partial charge in [-0.05, 0) is 32.9 Å². The highest BCUT2D eigenvalue weighted by Gasteiger charge is 2.29. The van der Waals surface area contributed by atoms with E-state index in [0.717, 1.165) is 12.8 Å². The minimum atomic E-state index is -0.470. The van der Waals surface area contributed by atoms with Crippen LogP contribution in [-0.4, -0.2) is 41.9 Å². The van der Waals surface area contributed by atoms with Gasteiger partial charge in [0.25, 0.3) is 11.6 Å². The number of rotatable bonds is 3. The normalized spacial score (nSPS) is 18.0. The SMILES string of the molecule is CNC1CCCN(C(=O)c2cccc(C)c2[N+](=O)[O-])C1.Cl. The van der Waals surface area contributed by atoms with Gasteiger partial charge in [0.05, 0.1) is 4.92 Å². The van der Waals surface area contributed by atoms with E-state index in [1.54, 1.807) is 24.0 Å². The molecule has 0 radical (unpaired) electrons. The van der Waals surface area contributed by atoms with Crippen LogP contribution in [0.5, 0.6) is 0 Å². The third kappa shape index (κ3) is 3.71. The molecule has 1 saturated heterocycles. The lowest BCUT2D eigenvalue weighted by Crippen LogP contribution is -2.47. The molecule has 1 heterocycles. The summed E-state index contributed by atoms with van der Waals surface area (Å²) in [6.07, 6.45) is 1.94. The zero-order valence-electron chi connectivity index (χ0n) is 12.2. The number of piperidine rings is 1. The number of likely N-dealkylation sites (N-methyl/N-ethyl adjacent to an activating group) is 1. The van der Waals surface area contributed by atoms with Crippen molar-refractivity contribution in [3.8, 4) is 0 Å². The summed E-state index contributed by atoms with van der Waals surface area (Å²) < 4.78 is 0. The third-order valence-electron chi connectivity index (χ3n) is 3.77. The van der Waals surface area contributed by atoms with Crippen molar-refractivity contribution < 1.29 is 9.72 Å². The first-order valence-corrected chi connectivity index (χ1v) is 6.75. The number of likely N-dealkylation sites (tertiary alicyclic amines) is 1. The van der Waals surface area contributed by atoms with Crippen LogP contribution in [0.15, 0.2) is 18.2 Å². The van der Waals surface area contributed by atoms with Crippen LogP contribution in [0.3, 0.4) is 0 Å². The Balaban J connectivity index is 0.00000220. The van der Waals surface area contributed by atoms with Crippen molar-refractivity contribution in [2.24, 2.45) is 0 Å². The van der Waals surface area contributed by atoms with Gasteiger partial charge in [0.15, 0.2) is 0 Å². The van der Waals surface area contributed by atoms with Gasteiger partial charge >= 0.3 is 0 Å². The van der Waals surface area contributed by atoms with Crippen LogP contribution in [0.25, 0.3) is 0 Å². The zero-order chi connectivity index (χ0) is 14.7. The molecule has 0 saturated carbocycles. The highest BCUT2D eigenvalue weighted by atomic mass is 35.5. The van der Waals surface area contributed by atoms with Crippen LogP contribution >= 0.6 is 12.4 Å². The predicted molar refractivity (Wildman–Crippen MR) is 83.1 cm³/mol. The summed E-state index contributed by atoms with van der Waals surface area (Å²) in [6, 6.07) is 5.14. The van der Waals surface area contributed by atoms with E-state index in [9.17, 15) is 14.9 Å². The standard InChI is InChI=1S/C14H19N3O3.ClH/c1-10-5-3-7-12(13(10)17(19)20)14(18)16-8-4-6-11(9-16)15-2;/h3,5,7,11,15H,4,6,8-9H2,1-2H3;1H. The van der Waals surface area contributed by atoms with Gasteiger partial charge in [-0.3, -0.25) is 14.9 Å². The molecule has 2 rings (SSSR count). The fourth-order valence-electron chi connectivity index (χ4n) is 2.64. The Kier molecular flexibility index (Phi) is 6.11. The molecule has 1 atom stereocenters. The highest BCUT2D eigenvalue weighted by molar-refractivity contribution is 5.98. The van der Waals surface area contributed by atoms with Crippen LogP contribution in [0.4, 0.5) is 5.69 Å². The number of aryl methyl sites for hydroxylation is 1. The van der Waals surface area contributed by atoms with E-state index < -0.39 is 4.92 Å². The van der Waals surface area contributed by atoms with Crippen molar-refractivity contribution in [1.82, 2.24) is 10.2 Å². The molecule has 116 valence electrons. The molecule has 0 spiro atoms. The highest BCUT2D eigenvalue weighted by Crippen LogP contribution is 2.25. The first-order valence-electron chi connectivity index (χ1n) is 6.75. The maximum atomic E-state index is 12.5. The average molecular weight is 314 g/mol. The Hall–Kier alpha value is -1.66. The third-order valence-corrected chi connectivity index (χ3v) is 3.77. The smallest absolute Gasteiger partial charge is 0.285 e. The minimum Gasteiger partial charge on any atom is -0.337 e. The molecule has 0 bridgehead atoms. The van der Waals surface area contributed by atoms with E-state index in [1.165, 1.54) is 6.07 Å². The van der Waals surface area contributed by atoms with E-state index >= 15 is 0 Å². The van der Waals surface area contributed by atoms with Crippen LogP contribution in [0.2, 0.25) is 0 Å². The summed E-state index contributed by atoms with van der Waals surface area (Å²) in [4.78, 5) is 24.9. The monoisotopic (exact) mass is 313 g/mol. The summed E-state index contributed by atoms with van der Waals surface area (Å²) in [5.41, 5.74) is 0.624. The minimum absolute atomic E-state index is 0. The number of benzene rings is 1. The topological polar surface area (TPSA) is 75.5 Å². The van der Waals surface area contributed by atoms with E-state index in [1.807, 2.05) is 7.05 Å². The summed E-state index contributed by atoms with van der Waals surface area (Å²) in [6.45, 7) is 2.91. The van der Waals surface area contributed by atoms with Crippen molar-refractivity contribution in [3.05, 3.63) is 39.4 Å². The number of carbonyl (C=O) groups excluding carboxylic acids is 1. The molecule has 0 aliphatic carbocycles. The van der Waals surface area contributed by atoms with Crippen molar-refractivity contribution in [1.29, 1.82) is 0 Å². The quantitative estimate of drug-likeness (QED) is 0.685. The largest absolute Gasteiger partial charge is 0.337 e. The molecule has 1 fully saturated rings. The number of hydrogen-bond acceptors (Lipinski definition) is 4. The number of halogens is 1. The molecule has 6 nitrogen and oxygen atoms in total. The Labute approximate surface area is 130 Å². The van der Waals surface area contributed by atoms with Gasteiger partial charge in [-0.15, -0.1) is 12.4 Å². The lowest BCUT2D eigenvalue weighted by atomic mass is 10.0. The number of carbonyl (C=O) groups is 1. The van der Waals surface area contributed by atoms with E-state index in [4.69, 9.17) is 0 Å². The Morgan fingerprint density at radius 1 is 1.48 bits per heavy atom. The average Bonchev–Trinajstić information content (AvgIpc) is 2.45. The molecular formula is C14H20ClN3O3. The molecule has 1 aliphatic rings. The lowest BCUT2D eigenvalue weighted by Gasteiger charge is -2.32. The van der Waals surface area contributed by atoms with Gasteiger partial charge < -0.3 is 10.2 Å². The molecular weight excluding hydrogens is 294 g/mol. The van der Waals surface area contributed by atoms with Crippen molar-refractivity contribution in [2.45, 2.75) is 25.8 Å². The van der Waals surface area contributed by atoms with Gasteiger partial charge in [-0.25, -0.2) is 0 Å². The van der Waals surface area contributed by atoms with Crippen LogP contribution in [0, 0.1) is 17.0 Å². The van der Waals surface area contributed by atoms with Crippen molar-refractivity contribution in [3.63, 3.8) is 0 Å². The fourth-order valence-corrected chi connectivity index (χ4v) is 2.64. The van der Waals surface area contributed by atoms with Crippen LogP contribution in [-0.2, 0) is 0 Å². The molecule has 1 aliphatic heterocycles. The second kappa shape index (κ2) is 7.38. The van der Waals surface area contributed by atoms with Crippen LogP contribution < -0.4 is 5.32 Å². The first kappa shape index (κ1) is 17.4. The molecule has 1 aromatic rings. The summed E-state index contributed by atoms with van der Waals surface area (Å²) in [5.74, 6) is -0.250. The Morgan fingerprint density at radius 3 is 2.81 bits per heavy atom. The summed E-state index contributed by atoms with van der Waals surface area (Å²) in [7, 11) is 1.87. The first-order chi connectivity index (χ1) is 9.54. The molecule has 21 heavy (non-hydrogen) atoms. The van der Waals surface area contributed by atoms with Crippen LogP contribution in [0.1, 0.15) is 28.8 Å². The zero-order valence-corrected chi connectivity index (χ0v) is 13.0. The van der Waals surface area contributed by atoms with Gasteiger partial charge in [0, 0.05) is 24.7 Å². The molecule has 1 aromatic carbocycles. The number of nitrogens with one attached hydrogen (secondary N) is 1. The van der Waals surface area contributed by atoms with Gasteiger partial charge in [-0.2, -0.15) is 0 Å². The maximum Gasteiger partial charge on any atom is 0.285 e. The van der Waals surface area contributed by atoms with E-state index in [-0.39, 0.29) is 35.6 Å². The molecule has 1 unspecified atom stereocenters. The number of amides is 1. The summed E-state index contributed by atoms with van der Waals surface area (Å²) in [5, 5.41) is 14.3. The fraction of sp³-hybridized carbons (Fsp3) is 0.500. The predicted octanol–water partition coefficient (Wildman–Crippen LogP) is 2.15. The maximum absolute atomic E-state index is 12.5. The summed E-state index contributed by atoms with van der Waals surface area (Å²) >= 11 is 0. The number of hydrogen-bond donors (Lipinski definition) is 1.